The van der Waals surface area contributed by atoms with Gasteiger partial charge in [-0.05, 0) is 42.3 Å². The Balaban J connectivity index is 1.55. The van der Waals surface area contributed by atoms with Gasteiger partial charge in [0, 0.05) is 0 Å². The van der Waals surface area contributed by atoms with Gasteiger partial charge in [-0.25, -0.2) is 15.0 Å². The van der Waals surface area contributed by atoms with Crippen LogP contribution < -0.4 is 4.74 Å². The smallest absolute Gasteiger partial charge is 0.294 e. The predicted octanol–water partition coefficient (Wildman–Crippen LogP) is 5.02. The number of benzene rings is 2. The molecule has 2 aromatic carbocycles. The van der Waals surface area contributed by atoms with Crippen LogP contribution in [0.5, 0.6) is 5.75 Å². The van der Waals surface area contributed by atoms with Gasteiger partial charge in [0.2, 0.25) is 3.79 Å². The fraction of sp³-hybridized carbons (Fsp3) is 0.227. The maximum absolute atomic E-state index is 11.4. The summed E-state index contributed by atoms with van der Waals surface area (Å²) in [5.41, 5.74) is 1.19. The molecule has 0 spiro atoms. The summed E-state index contributed by atoms with van der Waals surface area (Å²) in [6.45, 7) is 2.14. The minimum Gasteiger partial charge on any atom is -0.491 e. The van der Waals surface area contributed by atoms with Crippen molar-refractivity contribution in [2.45, 2.75) is 22.2 Å². The van der Waals surface area contributed by atoms with Crippen LogP contribution in [0.3, 0.4) is 0 Å². The second kappa shape index (κ2) is 11.4. The number of hydrogen-bond donors (Lipinski definition) is 1. The van der Waals surface area contributed by atoms with E-state index in [0.29, 0.717) is 23.0 Å². The zero-order valence-corrected chi connectivity index (χ0v) is 20.9. The van der Waals surface area contributed by atoms with E-state index in [1.165, 1.54) is 12.1 Å². The normalized spacial score (nSPS) is 12.3. The molecule has 3 rings (SSSR count). The van der Waals surface area contributed by atoms with Crippen LogP contribution in [0.15, 0.2) is 53.4 Å². The Morgan fingerprint density at radius 1 is 1.00 bits per heavy atom. The molecule has 0 aliphatic heterocycles. The van der Waals surface area contributed by atoms with E-state index in [2.05, 4.69) is 15.0 Å². The summed E-state index contributed by atoms with van der Waals surface area (Å²) in [5, 5.41) is 0. The van der Waals surface area contributed by atoms with Gasteiger partial charge in [0.1, 0.15) is 18.2 Å². The van der Waals surface area contributed by atoms with E-state index in [-0.39, 0.29) is 30.5 Å². The maximum atomic E-state index is 11.4. The summed E-state index contributed by atoms with van der Waals surface area (Å²) in [7, 11) is -4.31. The Morgan fingerprint density at radius 2 is 1.76 bits per heavy atom. The van der Waals surface area contributed by atoms with Crippen molar-refractivity contribution in [1.82, 2.24) is 15.0 Å². The lowest BCUT2D eigenvalue weighted by Gasteiger charge is -2.10. The lowest BCUT2D eigenvalue weighted by molar-refractivity contribution is 0.0876. The molecular weight excluding hydrogens is 525 g/mol. The fourth-order valence-electron chi connectivity index (χ4n) is 2.86. The Hall–Kier alpha value is -2.27. The number of ether oxygens (including phenoxy) is 2. The van der Waals surface area contributed by atoms with Gasteiger partial charge in [-0.2, -0.15) is 8.42 Å². The Bertz CT molecular complexity index is 1280. The average Bonchev–Trinajstić information content (AvgIpc) is 2.76. The van der Waals surface area contributed by atoms with E-state index in [0.717, 1.165) is 5.56 Å². The number of aryl methyl sites for hydroxylation is 1. The van der Waals surface area contributed by atoms with Gasteiger partial charge in [-0.1, -0.05) is 71.2 Å². The van der Waals surface area contributed by atoms with Crippen molar-refractivity contribution in [2.75, 3.05) is 13.2 Å². The molecule has 180 valence electrons. The minimum atomic E-state index is -4.31. The molecule has 0 atom stereocenters. The molecule has 0 amide bonds. The second-order valence-corrected chi connectivity index (χ2v) is 10.6. The molecule has 34 heavy (non-hydrogen) atoms. The lowest BCUT2D eigenvalue weighted by Crippen LogP contribution is -2.11. The topological polar surface area (TPSA) is 112 Å². The van der Waals surface area contributed by atoms with Crippen molar-refractivity contribution >= 4 is 57.1 Å². The van der Waals surface area contributed by atoms with Crippen LogP contribution in [0.4, 0.5) is 0 Å². The third kappa shape index (κ3) is 7.90. The minimum absolute atomic E-state index is 0.0175. The molecule has 1 heterocycles. The highest BCUT2D eigenvalue weighted by atomic mass is 35.6. The zero-order chi connectivity index (χ0) is 24.8. The highest BCUT2D eigenvalue weighted by Gasteiger charge is 2.27. The first kappa shape index (κ1) is 26.3. The molecule has 0 saturated heterocycles. The highest BCUT2D eigenvalue weighted by Crippen LogP contribution is 2.35. The van der Waals surface area contributed by atoms with Gasteiger partial charge in [-0.3, -0.25) is 4.55 Å². The van der Waals surface area contributed by atoms with E-state index >= 15 is 0 Å². The first-order valence-corrected chi connectivity index (χ1v) is 12.4. The average molecular weight is 545 g/mol. The van der Waals surface area contributed by atoms with Crippen LogP contribution in [0, 0.1) is 6.92 Å². The van der Waals surface area contributed by atoms with E-state index in [1.54, 1.807) is 37.3 Å². The molecule has 0 radical (unpaired) electrons. The molecular formula is C22H20Cl3N3O5S. The molecule has 0 unspecified atom stereocenters. The summed E-state index contributed by atoms with van der Waals surface area (Å²) in [5.74, 6) is 1.42. The van der Waals surface area contributed by atoms with Gasteiger partial charge < -0.3 is 9.47 Å². The van der Waals surface area contributed by atoms with Crippen molar-refractivity contribution in [2.24, 2.45) is 0 Å². The molecule has 1 aromatic heterocycles. The molecule has 8 nitrogen and oxygen atoms in total. The van der Waals surface area contributed by atoms with Crippen molar-refractivity contribution in [3.05, 3.63) is 77.1 Å². The second-order valence-electron chi connectivity index (χ2n) is 6.95. The summed E-state index contributed by atoms with van der Waals surface area (Å²) < 4.78 is 41.6. The van der Waals surface area contributed by atoms with Crippen molar-refractivity contribution in [3.63, 3.8) is 0 Å². The lowest BCUT2D eigenvalue weighted by atomic mass is 10.2. The first-order chi connectivity index (χ1) is 16.0. The summed E-state index contributed by atoms with van der Waals surface area (Å²) in [6, 6.07) is 13.4. The highest BCUT2D eigenvalue weighted by molar-refractivity contribution is 7.85. The number of nitrogens with zero attached hydrogens (tertiary/aromatic N) is 3. The molecule has 0 aliphatic rings. The van der Waals surface area contributed by atoms with Gasteiger partial charge in [0.25, 0.3) is 10.1 Å². The molecule has 3 aromatic rings. The van der Waals surface area contributed by atoms with Crippen LogP contribution in [-0.4, -0.2) is 41.1 Å². The number of hydrogen-bond acceptors (Lipinski definition) is 7. The monoisotopic (exact) mass is 543 g/mol. The summed E-state index contributed by atoms with van der Waals surface area (Å²) >= 11 is 17.6. The zero-order valence-electron chi connectivity index (χ0n) is 17.9. The molecule has 12 heteroatoms. The van der Waals surface area contributed by atoms with Gasteiger partial charge in [0.05, 0.1) is 18.1 Å². The summed E-state index contributed by atoms with van der Waals surface area (Å²) in [6.07, 6.45) is 3.45. The SMILES string of the molecule is Cc1nc(C=Cc2cccc(OCCOCc3ccccc3S(=O)(=O)O)c2)nc(C(Cl)(Cl)Cl)n1. The Morgan fingerprint density at radius 3 is 2.50 bits per heavy atom. The number of rotatable bonds is 9. The van der Waals surface area contributed by atoms with Crippen molar-refractivity contribution in [3.8, 4) is 5.75 Å². The van der Waals surface area contributed by atoms with Crippen molar-refractivity contribution < 1.29 is 22.4 Å². The molecule has 0 fully saturated rings. The van der Waals surface area contributed by atoms with Crippen LogP contribution in [0.2, 0.25) is 0 Å². The largest absolute Gasteiger partial charge is 0.491 e. The quantitative estimate of drug-likeness (QED) is 0.227. The number of halogens is 3. The maximum Gasteiger partial charge on any atom is 0.294 e. The number of alkyl halides is 3. The molecule has 1 N–H and O–H groups in total. The van der Waals surface area contributed by atoms with E-state index in [4.69, 9.17) is 44.3 Å². The van der Waals surface area contributed by atoms with Crippen molar-refractivity contribution in [1.29, 1.82) is 0 Å². The molecule has 0 saturated carbocycles. The third-order valence-corrected chi connectivity index (χ3v) is 5.77. The third-order valence-electron chi connectivity index (χ3n) is 4.31. The van der Waals surface area contributed by atoms with Crippen LogP contribution in [0.1, 0.15) is 28.6 Å². The van der Waals surface area contributed by atoms with Gasteiger partial charge in [-0.15, -0.1) is 0 Å². The van der Waals surface area contributed by atoms with Gasteiger partial charge in [0.15, 0.2) is 11.6 Å². The van der Waals surface area contributed by atoms with Crippen LogP contribution in [-0.2, 0) is 25.3 Å². The molecule has 0 aliphatic carbocycles. The van der Waals surface area contributed by atoms with Gasteiger partial charge >= 0.3 is 0 Å². The number of aromatic nitrogens is 3. The van der Waals surface area contributed by atoms with E-state index < -0.39 is 13.9 Å². The summed E-state index contributed by atoms with van der Waals surface area (Å²) in [4.78, 5) is 12.2. The van der Waals surface area contributed by atoms with E-state index in [9.17, 15) is 13.0 Å². The first-order valence-electron chi connectivity index (χ1n) is 9.86. The Kier molecular flexibility index (Phi) is 8.86. The van der Waals surface area contributed by atoms with Crippen LogP contribution >= 0.6 is 34.8 Å². The Labute approximate surface area is 212 Å². The van der Waals surface area contributed by atoms with E-state index in [1.807, 2.05) is 18.2 Å². The predicted molar refractivity (Wildman–Crippen MR) is 131 cm³/mol. The fourth-order valence-corrected chi connectivity index (χ4v) is 3.82. The molecule has 0 bridgehead atoms. The van der Waals surface area contributed by atoms with Crippen LogP contribution in [0.25, 0.3) is 12.2 Å². The standard InChI is InChI=1S/C22H20Cl3N3O5S/c1-15-26-20(28-21(27-15)22(23,24)25)10-9-16-5-4-7-18(13-16)33-12-11-32-14-17-6-2-3-8-19(17)34(29,30)31/h2-10,13H,11-12,14H2,1H3,(H,29,30,31).